The smallest absolute Gasteiger partial charge is 0.243 e. The van der Waals surface area contributed by atoms with Gasteiger partial charge in [-0.15, -0.1) is 0 Å². The molecule has 1 N–H and O–H groups in total. The summed E-state index contributed by atoms with van der Waals surface area (Å²) in [7, 11) is -3.73. The largest absolute Gasteiger partial charge is 0.350 e. The molecule has 1 fully saturated rings. The second-order valence-electron chi connectivity index (χ2n) is 7.85. The number of carbonyl (C=O) groups excluding carboxylic acids is 1. The van der Waals surface area contributed by atoms with Crippen molar-refractivity contribution in [3.63, 3.8) is 0 Å². The van der Waals surface area contributed by atoms with Crippen LogP contribution >= 0.6 is 23.2 Å². The van der Waals surface area contributed by atoms with E-state index in [1.165, 1.54) is 36.6 Å². The zero-order valence-electron chi connectivity index (χ0n) is 17.6. The summed E-state index contributed by atoms with van der Waals surface area (Å²) in [5.41, 5.74) is 2.46. The molecule has 1 aliphatic heterocycles. The SMILES string of the molecule is CC(C(=O)NCc1cccc(CN2CCCC2)c1)N(c1ccc(Cl)c(Cl)c1)S(C)(=O)=O. The summed E-state index contributed by atoms with van der Waals surface area (Å²) in [6.07, 6.45) is 3.54. The normalized spacial score (nSPS) is 15.6. The first-order valence-corrected chi connectivity index (χ1v) is 12.8. The molecule has 2 aromatic rings. The second kappa shape index (κ2) is 10.2. The lowest BCUT2D eigenvalue weighted by atomic mass is 10.1. The topological polar surface area (TPSA) is 69.7 Å². The Bertz CT molecular complexity index is 1040. The molecule has 2 aromatic carbocycles. The number of hydrogen-bond acceptors (Lipinski definition) is 4. The van der Waals surface area contributed by atoms with E-state index >= 15 is 0 Å². The third-order valence-electron chi connectivity index (χ3n) is 5.31. The number of likely N-dealkylation sites (tertiary alicyclic amines) is 1. The number of halogens is 2. The van der Waals surface area contributed by atoms with Gasteiger partial charge in [0.15, 0.2) is 0 Å². The van der Waals surface area contributed by atoms with Gasteiger partial charge in [0.1, 0.15) is 6.04 Å². The Morgan fingerprint density at radius 3 is 2.42 bits per heavy atom. The summed E-state index contributed by atoms with van der Waals surface area (Å²) in [4.78, 5) is 15.2. The van der Waals surface area contributed by atoms with Gasteiger partial charge in [0.05, 0.1) is 22.0 Å². The van der Waals surface area contributed by atoms with Gasteiger partial charge >= 0.3 is 0 Å². The van der Waals surface area contributed by atoms with E-state index in [9.17, 15) is 13.2 Å². The van der Waals surface area contributed by atoms with Gasteiger partial charge in [-0.25, -0.2) is 8.42 Å². The molecule has 1 unspecified atom stereocenters. The summed E-state index contributed by atoms with van der Waals surface area (Å²) >= 11 is 12.0. The van der Waals surface area contributed by atoms with Crippen molar-refractivity contribution >= 4 is 44.8 Å². The summed E-state index contributed by atoms with van der Waals surface area (Å²) in [5.74, 6) is -0.401. The fourth-order valence-electron chi connectivity index (χ4n) is 3.80. The zero-order valence-corrected chi connectivity index (χ0v) is 20.0. The van der Waals surface area contributed by atoms with Crippen molar-refractivity contribution in [2.75, 3.05) is 23.7 Å². The van der Waals surface area contributed by atoms with Crippen molar-refractivity contribution in [2.45, 2.75) is 38.9 Å². The molecule has 1 heterocycles. The third-order valence-corrected chi connectivity index (χ3v) is 7.29. The number of benzene rings is 2. The van der Waals surface area contributed by atoms with E-state index in [4.69, 9.17) is 23.2 Å². The van der Waals surface area contributed by atoms with Gasteiger partial charge in [0.2, 0.25) is 15.9 Å². The van der Waals surface area contributed by atoms with Crippen molar-refractivity contribution in [1.29, 1.82) is 0 Å². The van der Waals surface area contributed by atoms with E-state index in [1.807, 2.05) is 12.1 Å². The Balaban J connectivity index is 1.68. The second-order valence-corrected chi connectivity index (χ2v) is 10.5. The van der Waals surface area contributed by atoms with Crippen molar-refractivity contribution in [2.24, 2.45) is 0 Å². The monoisotopic (exact) mass is 483 g/mol. The molecule has 1 aliphatic rings. The van der Waals surface area contributed by atoms with Crippen molar-refractivity contribution in [3.05, 3.63) is 63.6 Å². The summed E-state index contributed by atoms with van der Waals surface area (Å²) in [6.45, 7) is 5.00. The molecule has 0 aliphatic carbocycles. The maximum absolute atomic E-state index is 12.8. The van der Waals surface area contributed by atoms with Crippen LogP contribution in [-0.4, -0.2) is 44.6 Å². The Morgan fingerprint density at radius 1 is 1.10 bits per heavy atom. The van der Waals surface area contributed by atoms with Gasteiger partial charge in [0, 0.05) is 13.1 Å². The summed E-state index contributed by atoms with van der Waals surface area (Å²) < 4.78 is 25.9. The third kappa shape index (κ3) is 6.35. The average molecular weight is 484 g/mol. The van der Waals surface area contributed by atoms with Crippen LogP contribution in [0.2, 0.25) is 10.0 Å². The predicted molar refractivity (Wildman–Crippen MR) is 126 cm³/mol. The van der Waals surface area contributed by atoms with Gasteiger partial charge in [-0.05, 0) is 62.2 Å². The first-order valence-electron chi connectivity index (χ1n) is 10.2. The highest BCUT2D eigenvalue weighted by molar-refractivity contribution is 7.92. The van der Waals surface area contributed by atoms with Gasteiger partial charge in [-0.1, -0.05) is 47.5 Å². The Hall–Kier alpha value is -1.80. The fraction of sp³-hybridized carbons (Fsp3) is 0.409. The van der Waals surface area contributed by atoms with Crippen LogP contribution in [0, 0.1) is 0 Å². The van der Waals surface area contributed by atoms with Crippen LogP contribution in [0.1, 0.15) is 30.9 Å². The van der Waals surface area contributed by atoms with Crippen LogP contribution in [0.25, 0.3) is 0 Å². The number of hydrogen-bond donors (Lipinski definition) is 1. The van der Waals surface area contributed by atoms with Crippen molar-refractivity contribution in [1.82, 2.24) is 10.2 Å². The lowest BCUT2D eigenvalue weighted by Crippen LogP contribution is -2.47. The van der Waals surface area contributed by atoms with Gasteiger partial charge < -0.3 is 5.32 Å². The molecule has 6 nitrogen and oxygen atoms in total. The van der Waals surface area contributed by atoms with Gasteiger partial charge in [-0.3, -0.25) is 14.0 Å². The molecular weight excluding hydrogens is 457 g/mol. The lowest BCUT2D eigenvalue weighted by molar-refractivity contribution is -0.122. The zero-order chi connectivity index (χ0) is 22.6. The van der Waals surface area contributed by atoms with E-state index < -0.39 is 22.0 Å². The van der Waals surface area contributed by atoms with Crippen LogP contribution in [0.15, 0.2) is 42.5 Å². The first kappa shape index (κ1) is 23.9. The average Bonchev–Trinajstić information content (AvgIpc) is 3.21. The minimum atomic E-state index is -3.73. The van der Waals surface area contributed by atoms with E-state index in [2.05, 4.69) is 22.3 Å². The molecule has 0 radical (unpaired) electrons. The molecule has 0 aromatic heterocycles. The Kier molecular flexibility index (Phi) is 7.86. The van der Waals surface area contributed by atoms with Crippen molar-refractivity contribution in [3.8, 4) is 0 Å². The highest BCUT2D eigenvalue weighted by Gasteiger charge is 2.29. The van der Waals surface area contributed by atoms with E-state index in [0.717, 1.165) is 35.8 Å². The minimum absolute atomic E-state index is 0.218. The summed E-state index contributed by atoms with van der Waals surface area (Å²) in [5, 5.41) is 3.38. The number of anilines is 1. The molecule has 0 saturated carbocycles. The van der Waals surface area contributed by atoms with Crippen LogP contribution in [0.5, 0.6) is 0 Å². The molecule has 1 amide bonds. The van der Waals surface area contributed by atoms with Gasteiger partial charge in [-0.2, -0.15) is 0 Å². The molecule has 0 spiro atoms. The minimum Gasteiger partial charge on any atom is -0.350 e. The lowest BCUT2D eigenvalue weighted by Gasteiger charge is -2.28. The molecule has 9 heteroatoms. The number of amides is 1. The number of nitrogens with one attached hydrogen (secondary N) is 1. The maximum atomic E-state index is 12.8. The van der Waals surface area contributed by atoms with E-state index in [-0.39, 0.29) is 10.7 Å². The predicted octanol–water partition coefficient (Wildman–Crippen LogP) is 4.06. The highest BCUT2D eigenvalue weighted by Crippen LogP contribution is 2.29. The molecule has 1 saturated heterocycles. The number of carbonyl (C=O) groups is 1. The van der Waals surface area contributed by atoms with Crippen LogP contribution in [0.3, 0.4) is 0 Å². The van der Waals surface area contributed by atoms with E-state index in [1.54, 1.807) is 6.92 Å². The standard InChI is InChI=1S/C22H27Cl2N3O3S/c1-16(27(31(2,29)30)19-8-9-20(23)21(24)13-19)22(28)25-14-17-6-5-7-18(12-17)15-26-10-3-4-11-26/h5-9,12-13,16H,3-4,10-11,14-15H2,1-2H3,(H,25,28). The van der Waals surface area contributed by atoms with Gasteiger partial charge in [0.25, 0.3) is 0 Å². The summed E-state index contributed by atoms with van der Waals surface area (Å²) in [6, 6.07) is 11.6. The highest BCUT2D eigenvalue weighted by atomic mass is 35.5. The van der Waals surface area contributed by atoms with E-state index in [0.29, 0.717) is 11.6 Å². The molecular formula is C22H27Cl2N3O3S. The Morgan fingerprint density at radius 2 is 1.77 bits per heavy atom. The van der Waals surface area contributed by atoms with Crippen LogP contribution in [0.4, 0.5) is 5.69 Å². The molecule has 0 bridgehead atoms. The molecule has 31 heavy (non-hydrogen) atoms. The number of sulfonamides is 1. The quantitative estimate of drug-likeness (QED) is 0.614. The molecule has 168 valence electrons. The number of nitrogens with zero attached hydrogens (tertiary/aromatic N) is 2. The Labute approximate surface area is 194 Å². The molecule has 1 atom stereocenters. The van der Waals surface area contributed by atoms with Crippen LogP contribution in [-0.2, 0) is 27.9 Å². The molecule has 3 rings (SSSR count). The fourth-order valence-corrected chi connectivity index (χ4v) is 5.26. The maximum Gasteiger partial charge on any atom is 0.243 e. The van der Waals surface area contributed by atoms with Crippen LogP contribution < -0.4 is 9.62 Å². The van der Waals surface area contributed by atoms with Crippen molar-refractivity contribution < 1.29 is 13.2 Å². The number of rotatable bonds is 8. The first-order chi connectivity index (χ1) is 14.6.